The molecule has 0 spiro atoms. The zero-order valence-electron chi connectivity index (χ0n) is 19.4. The van der Waals surface area contributed by atoms with Gasteiger partial charge in [-0.25, -0.2) is 9.36 Å². The number of halogens is 2. The summed E-state index contributed by atoms with van der Waals surface area (Å²) in [6.45, 7) is 7.80. The van der Waals surface area contributed by atoms with Crippen LogP contribution in [-0.2, 0) is 11.3 Å². The highest BCUT2D eigenvalue weighted by atomic mass is 35.5. The Labute approximate surface area is 214 Å². The van der Waals surface area contributed by atoms with Crippen molar-refractivity contribution >= 4 is 23.2 Å². The van der Waals surface area contributed by atoms with E-state index in [2.05, 4.69) is 25.5 Å². The molecule has 1 fully saturated rings. The lowest BCUT2D eigenvalue weighted by molar-refractivity contribution is 0.0318. The topological polar surface area (TPSA) is 83.1 Å². The van der Waals surface area contributed by atoms with Crippen molar-refractivity contribution < 1.29 is 9.47 Å². The highest BCUT2D eigenvalue weighted by molar-refractivity contribution is 6.39. The highest BCUT2D eigenvalue weighted by Crippen LogP contribution is 2.35. The highest BCUT2D eigenvalue weighted by Gasteiger charge is 2.12. The second kappa shape index (κ2) is 12.6. The van der Waals surface area contributed by atoms with Crippen molar-refractivity contribution in [1.82, 2.24) is 34.9 Å². The van der Waals surface area contributed by atoms with E-state index in [0.29, 0.717) is 16.7 Å². The van der Waals surface area contributed by atoms with E-state index in [4.69, 9.17) is 32.7 Å². The summed E-state index contributed by atoms with van der Waals surface area (Å²) >= 11 is 12.6. The van der Waals surface area contributed by atoms with Crippen LogP contribution in [0.15, 0.2) is 61.1 Å². The molecule has 2 aromatic carbocycles. The number of rotatable bonds is 7. The molecule has 0 saturated carbocycles. The van der Waals surface area contributed by atoms with Crippen LogP contribution in [0.25, 0.3) is 16.8 Å². The van der Waals surface area contributed by atoms with E-state index in [9.17, 15) is 0 Å². The third kappa shape index (κ3) is 6.79. The Morgan fingerprint density at radius 3 is 2.37 bits per heavy atom. The number of hydrogen-bond acceptors (Lipinski definition) is 7. The fraction of sp³-hybridized carbons (Fsp3) is 0.333. The lowest BCUT2D eigenvalue weighted by Crippen LogP contribution is -2.38. The quantitative estimate of drug-likeness (QED) is 0.363. The van der Waals surface area contributed by atoms with Gasteiger partial charge < -0.3 is 9.47 Å². The van der Waals surface area contributed by atoms with Crippen LogP contribution in [0, 0.1) is 0 Å². The Kier molecular flexibility index (Phi) is 9.08. The number of hydrogen-bond donors (Lipinski definition) is 0. The minimum absolute atomic E-state index is 0.610. The largest absolute Gasteiger partial charge is 0.476 e. The molecule has 0 radical (unpaired) electrons. The lowest BCUT2D eigenvalue weighted by Gasteiger charge is -2.26. The van der Waals surface area contributed by atoms with Gasteiger partial charge in [0.2, 0.25) is 5.88 Å². The first-order valence-electron chi connectivity index (χ1n) is 11.4. The molecule has 1 aliphatic heterocycles. The predicted octanol–water partition coefficient (Wildman–Crippen LogP) is 4.25. The summed E-state index contributed by atoms with van der Waals surface area (Å²) in [5.74, 6) is 0.719. The van der Waals surface area contributed by atoms with Crippen molar-refractivity contribution in [2.45, 2.75) is 13.5 Å². The minimum Gasteiger partial charge on any atom is -0.476 e. The Hall–Kier alpha value is -2.98. The molecule has 1 saturated heterocycles. The van der Waals surface area contributed by atoms with Crippen molar-refractivity contribution in [3.05, 3.63) is 71.1 Å². The molecule has 0 unspecified atom stereocenters. The van der Waals surface area contributed by atoms with E-state index in [1.807, 2.05) is 55.5 Å². The average Bonchev–Trinajstić information content (AvgIpc) is 3.58. The average molecular weight is 516 g/mol. The SMILES string of the molecule is CCn1cnnn1.Clc1cccc(Cl)c1-c1ccc(-n2nccc2OCCN2CCOCC2)cc1. The first-order valence-corrected chi connectivity index (χ1v) is 12.1. The molecule has 0 bridgehead atoms. The minimum atomic E-state index is 0.610. The molecule has 0 N–H and O–H groups in total. The van der Waals surface area contributed by atoms with Crippen molar-refractivity contribution in [3.63, 3.8) is 0 Å². The molecule has 1 aliphatic rings. The van der Waals surface area contributed by atoms with Gasteiger partial charge in [0.05, 0.1) is 25.1 Å². The number of ether oxygens (including phenoxy) is 2. The van der Waals surface area contributed by atoms with Crippen molar-refractivity contribution in [2.24, 2.45) is 0 Å². The van der Waals surface area contributed by atoms with E-state index in [1.54, 1.807) is 21.9 Å². The molecule has 4 aromatic rings. The molecule has 2 aromatic heterocycles. The standard InChI is InChI=1S/C21H21Cl2N3O2.C3H6N4/c22-18-2-1-3-19(23)21(18)16-4-6-17(7-5-16)26-20(8-9-24-26)28-15-12-25-10-13-27-14-11-25;1-2-7-3-4-5-6-7/h1-9H,10-15H2;3H,2H2,1H3. The fourth-order valence-corrected chi connectivity index (χ4v) is 4.18. The summed E-state index contributed by atoms with van der Waals surface area (Å²) in [6.07, 6.45) is 3.32. The maximum atomic E-state index is 6.32. The molecular weight excluding hydrogens is 489 g/mol. The fourth-order valence-electron chi connectivity index (χ4n) is 3.57. The normalized spacial score (nSPS) is 13.8. The molecule has 35 heavy (non-hydrogen) atoms. The van der Waals surface area contributed by atoms with Crippen molar-refractivity contribution in [3.8, 4) is 22.7 Å². The van der Waals surface area contributed by atoms with Gasteiger partial charge in [-0.05, 0) is 47.2 Å². The van der Waals surface area contributed by atoms with Gasteiger partial charge >= 0.3 is 0 Å². The van der Waals surface area contributed by atoms with Crippen LogP contribution in [0.4, 0.5) is 0 Å². The van der Waals surface area contributed by atoms with E-state index in [1.165, 1.54) is 0 Å². The van der Waals surface area contributed by atoms with Gasteiger partial charge in [0, 0.05) is 47.9 Å². The van der Waals surface area contributed by atoms with E-state index >= 15 is 0 Å². The van der Waals surface area contributed by atoms with Gasteiger partial charge in [0.25, 0.3) is 0 Å². The van der Waals surface area contributed by atoms with E-state index in [-0.39, 0.29) is 0 Å². The number of tetrazole rings is 1. The first kappa shape index (κ1) is 25.1. The van der Waals surface area contributed by atoms with Gasteiger partial charge in [0.15, 0.2) is 0 Å². The molecule has 0 aliphatic carbocycles. The maximum Gasteiger partial charge on any atom is 0.216 e. The third-order valence-electron chi connectivity index (χ3n) is 5.45. The second-order valence-corrected chi connectivity index (χ2v) is 8.51. The van der Waals surface area contributed by atoms with Crippen LogP contribution in [0.1, 0.15) is 6.92 Å². The van der Waals surface area contributed by atoms with Crippen LogP contribution in [0.5, 0.6) is 5.88 Å². The van der Waals surface area contributed by atoms with E-state index in [0.717, 1.165) is 62.1 Å². The second-order valence-electron chi connectivity index (χ2n) is 7.69. The third-order valence-corrected chi connectivity index (χ3v) is 6.08. The Morgan fingerprint density at radius 2 is 1.74 bits per heavy atom. The summed E-state index contributed by atoms with van der Waals surface area (Å²) in [6, 6.07) is 15.3. The Morgan fingerprint density at radius 1 is 1.00 bits per heavy atom. The van der Waals surface area contributed by atoms with Gasteiger partial charge in [-0.1, -0.05) is 41.4 Å². The molecular formula is C24H27Cl2N7O2. The zero-order chi connectivity index (χ0) is 24.5. The summed E-state index contributed by atoms with van der Waals surface area (Å²) in [5, 5.41) is 16.1. The van der Waals surface area contributed by atoms with Gasteiger partial charge in [-0.15, -0.1) is 5.10 Å². The van der Waals surface area contributed by atoms with Crippen LogP contribution in [-0.4, -0.2) is 74.3 Å². The van der Waals surface area contributed by atoms with Gasteiger partial charge in [0.1, 0.15) is 12.9 Å². The zero-order valence-corrected chi connectivity index (χ0v) is 20.9. The van der Waals surface area contributed by atoms with Gasteiger partial charge in [-0.3, -0.25) is 4.90 Å². The summed E-state index contributed by atoms with van der Waals surface area (Å²) in [4.78, 5) is 2.34. The number of aromatic nitrogens is 6. The number of morpholine rings is 1. The van der Waals surface area contributed by atoms with Gasteiger partial charge in [-0.2, -0.15) is 5.10 Å². The smallest absolute Gasteiger partial charge is 0.216 e. The molecule has 3 heterocycles. The molecule has 0 amide bonds. The number of benzene rings is 2. The molecule has 11 heteroatoms. The first-order chi connectivity index (χ1) is 17.2. The summed E-state index contributed by atoms with van der Waals surface area (Å²) in [5.41, 5.74) is 2.71. The van der Waals surface area contributed by atoms with E-state index < -0.39 is 0 Å². The lowest BCUT2D eigenvalue weighted by atomic mass is 10.1. The Balaban J connectivity index is 0.000000356. The number of aryl methyl sites for hydroxylation is 1. The van der Waals surface area contributed by atoms with Crippen LogP contribution in [0.3, 0.4) is 0 Å². The molecule has 5 rings (SSSR count). The van der Waals surface area contributed by atoms with Crippen LogP contribution in [0.2, 0.25) is 10.0 Å². The van der Waals surface area contributed by atoms with Crippen LogP contribution < -0.4 is 4.74 Å². The number of nitrogens with zero attached hydrogens (tertiary/aromatic N) is 7. The summed E-state index contributed by atoms with van der Waals surface area (Å²) in [7, 11) is 0. The molecule has 184 valence electrons. The Bertz CT molecular complexity index is 1160. The molecule has 9 nitrogen and oxygen atoms in total. The van der Waals surface area contributed by atoms with Crippen LogP contribution >= 0.6 is 23.2 Å². The predicted molar refractivity (Wildman–Crippen MR) is 135 cm³/mol. The van der Waals surface area contributed by atoms with Crippen molar-refractivity contribution in [2.75, 3.05) is 39.5 Å². The summed E-state index contributed by atoms with van der Waals surface area (Å²) < 4.78 is 14.8. The monoisotopic (exact) mass is 515 g/mol. The maximum absolute atomic E-state index is 6.32. The molecule has 0 atom stereocenters. The van der Waals surface area contributed by atoms with Crippen molar-refractivity contribution in [1.29, 1.82) is 0 Å².